The Bertz CT molecular complexity index is 1530. The summed E-state index contributed by atoms with van der Waals surface area (Å²) in [7, 11) is 0. The highest BCUT2D eigenvalue weighted by molar-refractivity contribution is 5.88. The number of aliphatic carboxylic acids is 3. The maximum Gasteiger partial charge on any atom is 0.352 e. The number of nitrogens with one attached hydrogen (secondary N) is 1. The molecule has 1 saturated heterocycles. The first-order valence-corrected chi connectivity index (χ1v) is 29.3. The van der Waals surface area contributed by atoms with E-state index in [-0.39, 0.29) is 19.3 Å². The van der Waals surface area contributed by atoms with E-state index in [1.54, 1.807) is 0 Å². The van der Waals surface area contributed by atoms with Gasteiger partial charge in [-0.1, -0.05) is 213 Å². The predicted molar refractivity (Wildman–Crippen MR) is 284 cm³/mol. The molecule has 1 heterocycles. The van der Waals surface area contributed by atoms with Crippen molar-refractivity contribution in [1.82, 2.24) is 5.32 Å². The van der Waals surface area contributed by atoms with Crippen molar-refractivity contribution < 1.29 is 82.8 Å². The second-order valence-corrected chi connectivity index (χ2v) is 20.7. The first kappa shape index (κ1) is 69.1. The van der Waals surface area contributed by atoms with Crippen LogP contribution < -0.4 is 5.32 Å². The number of amides is 1. The zero-order valence-electron chi connectivity index (χ0n) is 46.3. The normalized spacial score (nSPS) is 18.3. The van der Waals surface area contributed by atoms with Crippen molar-refractivity contribution in [2.24, 2.45) is 0 Å². The smallest absolute Gasteiger partial charge is 0.352 e. The van der Waals surface area contributed by atoms with Crippen molar-refractivity contribution in [3.8, 4) is 0 Å². The third-order valence-electron chi connectivity index (χ3n) is 13.8. The molecular weight excluding hydrogens is 971 g/mol. The molecule has 1 amide bonds. The van der Waals surface area contributed by atoms with Crippen LogP contribution in [0.25, 0.3) is 0 Å². The number of aliphatic hydroxyl groups is 2. The minimum absolute atomic E-state index is 0.0335. The van der Waals surface area contributed by atoms with E-state index < -0.39 is 110 Å². The average Bonchev–Trinajstić information content (AvgIpc) is 3.36. The van der Waals surface area contributed by atoms with Gasteiger partial charge in [-0.25, -0.2) is 9.59 Å². The maximum absolute atomic E-state index is 13.8. The molecule has 1 fully saturated rings. The number of carboxylic acid groups (broad SMARTS) is 3. The molecule has 18 nitrogen and oxygen atoms in total. The van der Waals surface area contributed by atoms with Crippen molar-refractivity contribution in [2.45, 2.75) is 314 Å². The Morgan fingerprint density at radius 3 is 1.17 bits per heavy atom. The van der Waals surface area contributed by atoms with Crippen LogP contribution in [-0.4, -0.2) is 123 Å². The summed E-state index contributed by atoms with van der Waals surface area (Å²) in [5.74, 6) is -8.52. The molecule has 7 atom stereocenters. The number of carbonyl (C=O) groups excluding carboxylic acids is 4. The lowest BCUT2D eigenvalue weighted by Gasteiger charge is -2.43. The van der Waals surface area contributed by atoms with Gasteiger partial charge in [-0.2, -0.15) is 0 Å². The minimum atomic E-state index is -2.31. The number of hydrogen-bond acceptors (Lipinski definition) is 14. The third-order valence-corrected chi connectivity index (χ3v) is 13.8. The molecule has 2 unspecified atom stereocenters. The van der Waals surface area contributed by atoms with Crippen molar-refractivity contribution in [3.63, 3.8) is 0 Å². The molecule has 0 aliphatic carbocycles. The summed E-state index contributed by atoms with van der Waals surface area (Å²) in [6.45, 7) is 5.60. The van der Waals surface area contributed by atoms with Gasteiger partial charge in [0, 0.05) is 19.3 Å². The summed E-state index contributed by atoms with van der Waals surface area (Å²) in [4.78, 5) is 89.4. The highest BCUT2D eigenvalue weighted by Gasteiger charge is 2.48. The molecule has 1 aliphatic rings. The number of carboxylic acids is 3. The van der Waals surface area contributed by atoms with Gasteiger partial charge in [0.2, 0.25) is 18.1 Å². The second kappa shape index (κ2) is 45.2. The number of hydrogen-bond donors (Lipinski definition) is 6. The van der Waals surface area contributed by atoms with E-state index in [2.05, 4.69) is 26.1 Å². The Kier molecular flexibility index (Phi) is 41.7. The lowest BCUT2D eigenvalue weighted by Crippen LogP contribution is -2.65. The molecule has 18 heteroatoms. The summed E-state index contributed by atoms with van der Waals surface area (Å²) >= 11 is 0. The number of carbonyl (C=O) groups is 7. The fourth-order valence-corrected chi connectivity index (χ4v) is 9.28. The van der Waals surface area contributed by atoms with Crippen molar-refractivity contribution >= 4 is 41.7 Å². The van der Waals surface area contributed by atoms with E-state index in [0.717, 1.165) is 83.5 Å². The maximum atomic E-state index is 13.8. The van der Waals surface area contributed by atoms with E-state index >= 15 is 0 Å². The van der Waals surface area contributed by atoms with Crippen molar-refractivity contribution in [2.75, 3.05) is 6.61 Å². The number of aliphatic hydroxyl groups excluding tert-OH is 2. The molecule has 0 aromatic rings. The van der Waals surface area contributed by atoms with Gasteiger partial charge in [-0.3, -0.25) is 24.0 Å². The summed E-state index contributed by atoms with van der Waals surface area (Å²) in [6, 6.07) is -1.54. The Morgan fingerprint density at radius 2 is 0.813 bits per heavy atom. The molecule has 0 bridgehead atoms. The summed E-state index contributed by atoms with van der Waals surface area (Å²) < 4.78 is 27.7. The molecule has 6 N–H and O–H groups in total. The summed E-state index contributed by atoms with van der Waals surface area (Å²) in [5, 5.41) is 54.6. The van der Waals surface area contributed by atoms with Gasteiger partial charge < -0.3 is 54.5 Å². The molecule has 0 radical (unpaired) electrons. The summed E-state index contributed by atoms with van der Waals surface area (Å²) in [6.07, 6.45) is 18.7. The van der Waals surface area contributed by atoms with Gasteiger partial charge in [0.25, 0.3) is 0 Å². The van der Waals surface area contributed by atoms with Crippen molar-refractivity contribution in [3.05, 3.63) is 0 Å². The first-order chi connectivity index (χ1) is 36.1. The molecular formula is C57H101NO17. The van der Waals surface area contributed by atoms with Crippen LogP contribution in [0.5, 0.6) is 0 Å². The lowest BCUT2D eigenvalue weighted by atomic mass is 9.96. The lowest BCUT2D eigenvalue weighted by molar-refractivity contribution is -0.284. The van der Waals surface area contributed by atoms with Crippen LogP contribution in [0.15, 0.2) is 0 Å². The molecule has 0 spiro atoms. The first-order valence-electron chi connectivity index (χ1n) is 29.3. The zero-order chi connectivity index (χ0) is 55.5. The highest BCUT2D eigenvalue weighted by Crippen LogP contribution is 2.27. The molecule has 75 heavy (non-hydrogen) atoms. The number of unbranched alkanes of at least 4 members (excludes halogenated alkanes) is 30. The second-order valence-electron chi connectivity index (χ2n) is 20.7. The molecule has 0 aromatic carbocycles. The topological polar surface area (TPSA) is 279 Å². The Hall–Kier alpha value is -3.87. The zero-order valence-corrected chi connectivity index (χ0v) is 46.3. The van der Waals surface area contributed by atoms with E-state index in [1.165, 1.54) is 96.3 Å². The number of ether oxygens (including phenoxy) is 5. The Labute approximate surface area is 448 Å². The quantitative estimate of drug-likeness (QED) is 0.0188. The van der Waals surface area contributed by atoms with Crippen molar-refractivity contribution in [1.29, 1.82) is 0 Å². The summed E-state index contributed by atoms with van der Waals surface area (Å²) in [5.41, 5.74) is 0. The van der Waals surface area contributed by atoms with E-state index in [9.17, 15) is 59.1 Å². The van der Waals surface area contributed by atoms with E-state index in [0.29, 0.717) is 32.1 Å². The van der Waals surface area contributed by atoms with Gasteiger partial charge in [0.15, 0.2) is 6.29 Å². The van der Waals surface area contributed by atoms with E-state index in [1.807, 2.05) is 0 Å². The average molecular weight is 1070 g/mol. The van der Waals surface area contributed by atoms with Crippen LogP contribution in [0, 0.1) is 0 Å². The Balaban J connectivity index is 3.11. The highest BCUT2D eigenvalue weighted by atomic mass is 16.7. The molecule has 1 aliphatic heterocycles. The van der Waals surface area contributed by atoms with Gasteiger partial charge in [-0.05, 0) is 19.3 Å². The fourth-order valence-electron chi connectivity index (χ4n) is 9.28. The van der Waals surface area contributed by atoms with Gasteiger partial charge in [0.05, 0.1) is 18.9 Å². The molecule has 0 saturated carbocycles. The van der Waals surface area contributed by atoms with Gasteiger partial charge in [-0.15, -0.1) is 0 Å². The van der Waals surface area contributed by atoms with Gasteiger partial charge in [0.1, 0.15) is 31.0 Å². The van der Waals surface area contributed by atoms with Crippen LogP contribution in [-0.2, 0) is 57.2 Å². The van der Waals surface area contributed by atoms with E-state index in [4.69, 9.17) is 23.7 Å². The molecule has 436 valence electrons. The van der Waals surface area contributed by atoms with Crippen LogP contribution in [0.4, 0.5) is 0 Å². The standard InChI is InChI=1S/C57H101NO17/c1-4-7-10-13-16-19-22-25-28-31-34-37-45(59)58-50-52(67)51(66)44(73-57(50)72-43(40-46(60)61)41-47(62)63)42-71-56(70)54(75-49(65)39-36-33-30-27-24-21-18-15-12-9-6-3)53(55(68)69)74-48(64)38-35-32-29-26-23-20-17-14-11-8-5-2/h43-44,50-54,57,66-67H,4-42H2,1-3H3,(H,58,59)(H,60,61)(H,62,63)(H,68,69)/t44-,50-,51-,52-,53?,54?,57+/m1/s1. The largest absolute Gasteiger partial charge is 0.481 e. The van der Waals surface area contributed by atoms with Crippen LogP contribution >= 0.6 is 0 Å². The SMILES string of the molecule is CCCCCCCCCCCCCC(=O)N[C@H]1[C@@H](OC(CC(=O)O)CC(=O)O)O[C@H](COC(=O)C(OC(=O)CCCCCCCCCCCCC)C(OC(=O)CCCCCCCCCCCCC)C(=O)O)[C@@H](O)[C@@H]1O. The molecule has 1 rings (SSSR count). The molecule has 0 aromatic heterocycles. The Morgan fingerprint density at radius 1 is 0.467 bits per heavy atom. The predicted octanol–water partition coefficient (Wildman–Crippen LogP) is 10.8. The minimum Gasteiger partial charge on any atom is -0.481 e. The van der Waals surface area contributed by atoms with Gasteiger partial charge >= 0.3 is 35.8 Å². The van der Waals surface area contributed by atoms with Crippen LogP contribution in [0.3, 0.4) is 0 Å². The monoisotopic (exact) mass is 1070 g/mol. The number of esters is 3. The third kappa shape index (κ3) is 35.2. The number of rotatable bonds is 50. The fraction of sp³-hybridized carbons (Fsp3) is 0.877. The van der Waals surface area contributed by atoms with Crippen LogP contribution in [0.2, 0.25) is 0 Å². The van der Waals surface area contributed by atoms with Crippen LogP contribution in [0.1, 0.15) is 265 Å².